The van der Waals surface area contributed by atoms with Crippen molar-refractivity contribution in [1.82, 2.24) is 10.3 Å². The average molecular weight is 274 g/mol. The van der Waals surface area contributed by atoms with E-state index < -0.39 is 0 Å². The van der Waals surface area contributed by atoms with Crippen LogP contribution in [0.25, 0.3) is 10.9 Å². The zero-order chi connectivity index (χ0) is 14.2. The topological polar surface area (TPSA) is 42.0 Å². The van der Waals surface area contributed by atoms with Crippen molar-refractivity contribution < 1.29 is 4.79 Å². The van der Waals surface area contributed by atoms with Gasteiger partial charge in [-0.05, 0) is 17.7 Å². The summed E-state index contributed by atoms with van der Waals surface area (Å²) in [4.78, 5) is 17.0. The molecule has 102 valence electrons. The maximum atomic E-state index is 12.4. The highest BCUT2D eigenvalue weighted by molar-refractivity contribution is 5.99. The van der Waals surface area contributed by atoms with Crippen molar-refractivity contribution in [3.63, 3.8) is 0 Å². The highest BCUT2D eigenvalue weighted by atomic mass is 16.1. The van der Waals surface area contributed by atoms with E-state index in [1.165, 1.54) is 0 Å². The van der Waals surface area contributed by atoms with E-state index in [9.17, 15) is 4.79 Å². The van der Waals surface area contributed by atoms with E-state index in [0.29, 0.717) is 5.56 Å². The summed E-state index contributed by atoms with van der Waals surface area (Å²) in [5.41, 5.74) is 3.64. The number of hydrogen-bond acceptors (Lipinski definition) is 2. The number of nitrogens with zero attached hydrogens (tertiary/aromatic N) is 1. The molecule has 3 aromatic rings. The number of para-hydroxylation sites is 1. The first kappa shape index (κ1) is 12.1. The van der Waals surface area contributed by atoms with Crippen molar-refractivity contribution in [2.45, 2.75) is 12.5 Å². The average Bonchev–Trinajstić information content (AvgIpc) is 2.54. The van der Waals surface area contributed by atoms with Crippen LogP contribution in [0.1, 0.15) is 27.7 Å². The molecule has 2 heterocycles. The van der Waals surface area contributed by atoms with Crippen molar-refractivity contribution in [3.05, 3.63) is 77.5 Å². The van der Waals surface area contributed by atoms with Crippen molar-refractivity contribution in [3.8, 4) is 0 Å². The molecule has 0 aliphatic carbocycles. The molecule has 3 nitrogen and oxygen atoms in total. The molecule has 0 saturated heterocycles. The Balaban J connectivity index is 1.80. The number of hydrogen-bond donors (Lipinski definition) is 1. The Morgan fingerprint density at radius 3 is 2.62 bits per heavy atom. The van der Waals surface area contributed by atoms with Gasteiger partial charge < -0.3 is 5.32 Å². The van der Waals surface area contributed by atoms with Crippen LogP contribution in [0.4, 0.5) is 0 Å². The van der Waals surface area contributed by atoms with Crippen LogP contribution >= 0.6 is 0 Å². The molecule has 0 spiro atoms. The van der Waals surface area contributed by atoms with Gasteiger partial charge in [0.25, 0.3) is 5.91 Å². The number of pyridine rings is 1. The fourth-order valence-corrected chi connectivity index (χ4v) is 2.87. The van der Waals surface area contributed by atoms with Gasteiger partial charge in [-0.3, -0.25) is 9.78 Å². The summed E-state index contributed by atoms with van der Waals surface area (Å²) in [5, 5.41) is 4.08. The summed E-state index contributed by atoms with van der Waals surface area (Å²) in [5.74, 6) is -0.0386. The van der Waals surface area contributed by atoms with Gasteiger partial charge in [0.1, 0.15) is 0 Å². The zero-order valence-corrected chi connectivity index (χ0v) is 11.4. The van der Waals surface area contributed by atoms with Crippen LogP contribution in [0.2, 0.25) is 0 Å². The second-order valence-electron chi connectivity index (χ2n) is 5.32. The largest absolute Gasteiger partial charge is 0.345 e. The van der Waals surface area contributed by atoms with E-state index in [4.69, 9.17) is 0 Å². The van der Waals surface area contributed by atoms with Crippen LogP contribution in [0.5, 0.6) is 0 Å². The minimum Gasteiger partial charge on any atom is -0.345 e. The van der Waals surface area contributed by atoms with Crippen LogP contribution in [-0.2, 0) is 6.42 Å². The summed E-state index contributed by atoms with van der Waals surface area (Å²) in [6.07, 6.45) is 0.732. The number of fused-ring (bicyclic) bond motifs is 2. The zero-order valence-electron chi connectivity index (χ0n) is 11.4. The van der Waals surface area contributed by atoms with Crippen LogP contribution in [0.3, 0.4) is 0 Å². The van der Waals surface area contributed by atoms with Gasteiger partial charge in [-0.15, -0.1) is 0 Å². The highest BCUT2D eigenvalue weighted by Gasteiger charge is 2.26. The summed E-state index contributed by atoms with van der Waals surface area (Å²) in [6, 6.07) is 19.9. The number of carbonyl (C=O) groups is 1. The fourth-order valence-electron chi connectivity index (χ4n) is 2.87. The second-order valence-corrected chi connectivity index (χ2v) is 5.32. The molecule has 1 N–H and O–H groups in total. The molecule has 0 saturated carbocycles. The smallest absolute Gasteiger partial charge is 0.253 e. The van der Waals surface area contributed by atoms with Crippen LogP contribution in [0, 0.1) is 0 Å². The van der Waals surface area contributed by atoms with Crippen molar-refractivity contribution >= 4 is 16.8 Å². The molecule has 1 unspecified atom stereocenters. The molecule has 1 aliphatic heterocycles. The molecule has 2 aromatic carbocycles. The van der Waals surface area contributed by atoms with E-state index in [1.54, 1.807) is 0 Å². The Morgan fingerprint density at radius 1 is 1.00 bits per heavy atom. The van der Waals surface area contributed by atoms with Crippen molar-refractivity contribution in [2.75, 3.05) is 0 Å². The van der Waals surface area contributed by atoms with E-state index in [0.717, 1.165) is 28.6 Å². The van der Waals surface area contributed by atoms with E-state index in [1.807, 2.05) is 60.7 Å². The van der Waals surface area contributed by atoms with Gasteiger partial charge in [-0.2, -0.15) is 0 Å². The van der Waals surface area contributed by atoms with E-state index >= 15 is 0 Å². The monoisotopic (exact) mass is 274 g/mol. The predicted molar refractivity (Wildman–Crippen MR) is 82.1 cm³/mol. The number of carbonyl (C=O) groups excluding carboxylic acids is 1. The summed E-state index contributed by atoms with van der Waals surface area (Å²) < 4.78 is 0. The molecule has 21 heavy (non-hydrogen) atoms. The lowest BCUT2D eigenvalue weighted by molar-refractivity contribution is 0.0924. The summed E-state index contributed by atoms with van der Waals surface area (Å²) >= 11 is 0. The third kappa shape index (κ3) is 2.07. The molecule has 0 radical (unpaired) electrons. The number of amides is 1. The summed E-state index contributed by atoms with van der Waals surface area (Å²) in [7, 11) is 0. The Hall–Kier alpha value is -2.68. The Labute approximate surface area is 122 Å². The van der Waals surface area contributed by atoms with Gasteiger partial charge in [0.05, 0.1) is 22.8 Å². The minimum absolute atomic E-state index is 0.000128. The molecule has 1 amide bonds. The number of nitrogens with one attached hydrogen (secondary N) is 1. The van der Waals surface area contributed by atoms with Gasteiger partial charge in [0.15, 0.2) is 0 Å². The SMILES string of the molecule is O=C1NC(c2ccccc2)Cc2nc3ccccc3cc21. The van der Waals surface area contributed by atoms with Gasteiger partial charge in [-0.1, -0.05) is 48.5 Å². The maximum absolute atomic E-state index is 12.4. The first-order chi connectivity index (χ1) is 10.3. The standard InChI is InChI=1S/C18H14N2O/c21-18-14-10-13-8-4-5-9-15(13)19-17(14)11-16(20-18)12-6-2-1-3-7-12/h1-10,16H,11H2,(H,20,21). The first-order valence-electron chi connectivity index (χ1n) is 7.06. The highest BCUT2D eigenvalue weighted by Crippen LogP contribution is 2.27. The van der Waals surface area contributed by atoms with E-state index in [-0.39, 0.29) is 11.9 Å². The minimum atomic E-state index is -0.0386. The Kier molecular flexibility index (Phi) is 2.71. The molecule has 0 fully saturated rings. The fraction of sp³-hybridized carbons (Fsp3) is 0.111. The van der Waals surface area contributed by atoms with Gasteiger partial charge >= 0.3 is 0 Å². The molecule has 3 heteroatoms. The third-order valence-corrected chi connectivity index (χ3v) is 3.95. The molecular formula is C18H14N2O. The van der Waals surface area contributed by atoms with Crippen molar-refractivity contribution in [2.24, 2.45) is 0 Å². The lowest BCUT2D eigenvalue weighted by atomic mass is 9.94. The molecular weight excluding hydrogens is 260 g/mol. The third-order valence-electron chi connectivity index (χ3n) is 3.95. The molecule has 4 rings (SSSR count). The van der Waals surface area contributed by atoms with Gasteiger partial charge in [0, 0.05) is 11.8 Å². The maximum Gasteiger partial charge on any atom is 0.253 e. The number of aromatic nitrogens is 1. The van der Waals surface area contributed by atoms with Crippen LogP contribution in [-0.4, -0.2) is 10.9 Å². The molecule has 1 atom stereocenters. The van der Waals surface area contributed by atoms with Crippen LogP contribution in [0.15, 0.2) is 60.7 Å². The van der Waals surface area contributed by atoms with Crippen LogP contribution < -0.4 is 5.32 Å². The lowest BCUT2D eigenvalue weighted by Gasteiger charge is -2.25. The van der Waals surface area contributed by atoms with Gasteiger partial charge in [0.2, 0.25) is 0 Å². The molecule has 1 aromatic heterocycles. The molecule has 1 aliphatic rings. The Morgan fingerprint density at radius 2 is 1.76 bits per heavy atom. The predicted octanol–water partition coefficient (Wildman–Crippen LogP) is 3.26. The molecule has 0 bridgehead atoms. The normalized spacial score (nSPS) is 17.3. The number of benzene rings is 2. The lowest BCUT2D eigenvalue weighted by Crippen LogP contribution is -2.35. The first-order valence-corrected chi connectivity index (χ1v) is 7.06. The second kappa shape index (κ2) is 4.70. The quantitative estimate of drug-likeness (QED) is 0.740. The summed E-state index contributed by atoms with van der Waals surface area (Å²) in [6.45, 7) is 0. The van der Waals surface area contributed by atoms with Gasteiger partial charge in [-0.25, -0.2) is 0 Å². The number of rotatable bonds is 1. The van der Waals surface area contributed by atoms with E-state index in [2.05, 4.69) is 10.3 Å². The van der Waals surface area contributed by atoms with Crippen molar-refractivity contribution in [1.29, 1.82) is 0 Å². The Bertz CT molecular complexity index is 827.